The number of hydrogen-bond donors (Lipinski definition) is 3. The van der Waals surface area contributed by atoms with Crippen LogP contribution in [0.25, 0.3) is 0 Å². The number of amides is 1. The molecule has 0 aliphatic carbocycles. The van der Waals surface area contributed by atoms with Crippen LogP contribution in [0.2, 0.25) is 5.02 Å². The molecule has 0 saturated heterocycles. The fourth-order valence-electron chi connectivity index (χ4n) is 1.86. The van der Waals surface area contributed by atoms with E-state index in [0.717, 1.165) is 0 Å². The maximum atomic E-state index is 12.4. The number of carboxylic acid groups (broad SMARTS) is 1. The number of halogens is 1. The second-order valence-corrected chi connectivity index (χ2v) is 11.3. The van der Waals surface area contributed by atoms with Crippen molar-refractivity contribution in [1.29, 1.82) is 0 Å². The zero-order chi connectivity index (χ0) is 20.7. The second kappa shape index (κ2) is 10.6. The van der Waals surface area contributed by atoms with E-state index < -0.39 is 27.4 Å². The summed E-state index contributed by atoms with van der Waals surface area (Å²) in [6, 6.07) is 3.98. The lowest BCUT2D eigenvalue weighted by atomic mass is 10.1. The minimum absolute atomic E-state index is 0.0365. The van der Waals surface area contributed by atoms with Gasteiger partial charge in [-0.25, -0.2) is 13.1 Å². The molecule has 0 heterocycles. The summed E-state index contributed by atoms with van der Waals surface area (Å²) in [5.41, 5.74) is -0.576. The monoisotopic (exact) mass is 454 g/mol. The third-order valence-electron chi connectivity index (χ3n) is 2.89. The van der Waals surface area contributed by atoms with E-state index in [9.17, 15) is 18.0 Å². The van der Waals surface area contributed by atoms with E-state index in [2.05, 4.69) is 10.0 Å². The lowest BCUT2D eigenvalue weighted by molar-refractivity contribution is -0.136. The number of carbonyl (C=O) groups excluding carboxylic acids is 1. The van der Waals surface area contributed by atoms with E-state index in [0.29, 0.717) is 18.1 Å². The average molecular weight is 455 g/mol. The molecule has 0 unspecified atom stereocenters. The van der Waals surface area contributed by atoms with Gasteiger partial charge in [-0.05, 0) is 39.0 Å². The zero-order valence-electron chi connectivity index (χ0n) is 15.2. The summed E-state index contributed by atoms with van der Waals surface area (Å²) in [4.78, 5) is 22.7. The number of hydrogen-bond acceptors (Lipinski definition) is 6. The molecule has 1 aromatic carbocycles. The van der Waals surface area contributed by atoms with Gasteiger partial charge in [-0.3, -0.25) is 9.59 Å². The summed E-state index contributed by atoms with van der Waals surface area (Å²) in [5.74, 6) is -0.247. The van der Waals surface area contributed by atoms with Crippen molar-refractivity contribution in [3.8, 4) is 0 Å². The van der Waals surface area contributed by atoms with Crippen LogP contribution in [0.3, 0.4) is 0 Å². The largest absolute Gasteiger partial charge is 0.481 e. The predicted molar refractivity (Wildman–Crippen MR) is 111 cm³/mol. The molecular weight excluding hydrogens is 432 g/mol. The number of nitrogens with one attached hydrogen (secondary N) is 2. The second-order valence-electron chi connectivity index (χ2n) is 6.54. The third-order valence-corrected chi connectivity index (χ3v) is 7.38. The Balaban J connectivity index is 2.66. The number of sulfonamides is 1. The van der Waals surface area contributed by atoms with Gasteiger partial charge in [0.05, 0.1) is 21.9 Å². The van der Waals surface area contributed by atoms with Crippen molar-refractivity contribution in [3.63, 3.8) is 0 Å². The highest BCUT2D eigenvalue weighted by Crippen LogP contribution is 2.23. The van der Waals surface area contributed by atoms with Crippen molar-refractivity contribution in [2.24, 2.45) is 0 Å². The van der Waals surface area contributed by atoms with Gasteiger partial charge in [-0.15, -0.1) is 0 Å². The molecule has 1 rings (SSSR count). The number of carboxylic acids is 1. The van der Waals surface area contributed by atoms with Crippen molar-refractivity contribution < 1.29 is 23.1 Å². The molecule has 0 bridgehead atoms. The molecule has 1 aromatic rings. The highest BCUT2D eigenvalue weighted by Gasteiger charge is 2.23. The number of aliphatic carboxylic acids is 1. The Bertz CT molecular complexity index is 779. The minimum Gasteiger partial charge on any atom is -0.481 e. The van der Waals surface area contributed by atoms with Crippen molar-refractivity contribution in [2.75, 3.05) is 18.1 Å². The highest BCUT2D eigenvalue weighted by atomic mass is 35.5. The van der Waals surface area contributed by atoms with Crippen LogP contribution in [-0.4, -0.2) is 49.0 Å². The van der Waals surface area contributed by atoms with Crippen molar-refractivity contribution >= 4 is 55.1 Å². The van der Waals surface area contributed by atoms with Crippen LogP contribution in [0.1, 0.15) is 37.6 Å². The van der Waals surface area contributed by atoms with Crippen LogP contribution in [0.15, 0.2) is 23.1 Å². The van der Waals surface area contributed by atoms with Crippen LogP contribution < -0.4 is 10.0 Å². The Labute approximate surface area is 172 Å². The first kappa shape index (κ1) is 24.1. The molecule has 11 heteroatoms. The van der Waals surface area contributed by atoms with Gasteiger partial charge in [0.25, 0.3) is 5.91 Å². The van der Waals surface area contributed by atoms with E-state index in [1.165, 1.54) is 39.8 Å². The quantitative estimate of drug-likeness (QED) is 0.368. The van der Waals surface area contributed by atoms with E-state index >= 15 is 0 Å². The van der Waals surface area contributed by atoms with E-state index in [1.807, 2.05) is 0 Å². The summed E-state index contributed by atoms with van der Waals surface area (Å²) in [7, 11) is -0.913. The van der Waals surface area contributed by atoms with Gasteiger partial charge >= 0.3 is 5.97 Å². The summed E-state index contributed by atoms with van der Waals surface area (Å²) < 4.78 is 27.3. The summed E-state index contributed by atoms with van der Waals surface area (Å²) in [5, 5.41) is 11.4. The van der Waals surface area contributed by atoms with Crippen LogP contribution in [0.4, 0.5) is 0 Å². The standard InChI is InChI=1S/C16H23ClN2O5S3/c1-16(2,3)19-27(23,24)11-4-5-13(17)12(10-11)15(22)18-7-9-26-25-8-6-14(20)21/h4-5,10,19H,6-9H2,1-3H3,(H,18,22)(H,20,21). The van der Waals surface area contributed by atoms with Gasteiger partial charge in [-0.2, -0.15) is 0 Å². The molecule has 0 aromatic heterocycles. The zero-order valence-corrected chi connectivity index (χ0v) is 18.4. The van der Waals surface area contributed by atoms with Gasteiger partial charge in [0.1, 0.15) is 0 Å². The summed E-state index contributed by atoms with van der Waals surface area (Å²) in [6.07, 6.45) is 0.0868. The first-order chi connectivity index (χ1) is 12.4. The van der Waals surface area contributed by atoms with Gasteiger partial charge in [0, 0.05) is 23.6 Å². The SMILES string of the molecule is CC(C)(C)NS(=O)(=O)c1ccc(Cl)c(C(=O)NCCSSCCC(=O)O)c1. The first-order valence-corrected chi connectivity index (χ1v) is 12.4. The van der Waals surface area contributed by atoms with Crippen LogP contribution in [0.5, 0.6) is 0 Å². The molecule has 0 spiro atoms. The lowest BCUT2D eigenvalue weighted by Crippen LogP contribution is -2.40. The molecular formula is C16H23ClN2O5S3. The van der Waals surface area contributed by atoms with Crippen molar-refractivity contribution in [3.05, 3.63) is 28.8 Å². The molecule has 0 saturated carbocycles. The van der Waals surface area contributed by atoms with Gasteiger partial charge in [-0.1, -0.05) is 33.2 Å². The van der Waals surface area contributed by atoms with Crippen molar-refractivity contribution in [2.45, 2.75) is 37.6 Å². The molecule has 0 aliphatic rings. The topological polar surface area (TPSA) is 113 Å². The summed E-state index contributed by atoms with van der Waals surface area (Å²) in [6.45, 7) is 5.51. The van der Waals surface area contributed by atoms with Crippen LogP contribution in [0, 0.1) is 0 Å². The molecule has 7 nitrogen and oxygen atoms in total. The first-order valence-electron chi connectivity index (χ1n) is 8.00. The Morgan fingerprint density at radius 1 is 1.19 bits per heavy atom. The molecule has 0 radical (unpaired) electrons. The lowest BCUT2D eigenvalue weighted by Gasteiger charge is -2.20. The molecule has 27 heavy (non-hydrogen) atoms. The molecule has 0 aliphatic heterocycles. The molecule has 3 N–H and O–H groups in total. The van der Waals surface area contributed by atoms with Gasteiger partial charge in [0.2, 0.25) is 10.0 Å². The highest BCUT2D eigenvalue weighted by molar-refractivity contribution is 8.76. The maximum absolute atomic E-state index is 12.4. The van der Waals surface area contributed by atoms with E-state index in [4.69, 9.17) is 16.7 Å². The average Bonchev–Trinajstić information content (AvgIpc) is 2.51. The maximum Gasteiger partial charge on any atom is 0.304 e. The third kappa shape index (κ3) is 9.20. The Morgan fingerprint density at radius 3 is 2.41 bits per heavy atom. The fraction of sp³-hybridized carbons (Fsp3) is 0.500. The van der Waals surface area contributed by atoms with Crippen LogP contribution in [-0.2, 0) is 14.8 Å². The Morgan fingerprint density at radius 2 is 1.81 bits per heavy atom. The molecule has 152 valence electrons. The van der Waals surface area contributed by atoms with E-state index in [-0.39, 0.29) is 21.9 Å². The summed E-state index contributed by atoms with van der Waals surface area (Å²) >= 11 is 6.04. The van der Waals surface area contributed by atoms with Crippen molar-refractivity contribution in [1.82, 2.24) is 10.0 Å². The number of rotatable bonds is 10. The van der Waals surface area contributed by atoms with Gasteiger partial charge in [0.15, 0.2) is 0 Å². The minimum atomic E-state index is -3.78. The molecule has 0 atom stereocenters. The Kier molecular flexibility index (Phi) is 9.43. The van der Waals surface area contributed by atoms with E-state index in [1.54, 1.807) is 20.8 Å². The molecule has 1 amide bonds. The number of benzene rings is 1. The van der Waals surface area contributed by atoms with Gasteiger partial charge < -0.3 is 10.4 Å². The smallest absolute Gasteiger partial charge is 0.304 e. The Hall–Kier alpha value is -0.940. The predicted octanol–water partition coefficient (Wildman–Crippen LogP) is 3.00. The molecule has 0 fully saturated rings. The number of carbonyl (C=O) groups is 2. The normalized spacial score (nSPS) is 12.0. The van der Waals surface area contributed by atoms with Crippen LogP contribution >= 0.6 is 33.2 Å². The fourth-order valence-corrected chi connectivity index (χ4v) is 5.39.